The van der Waals surface area contributed by atoms with Gasteiger partial charge < -0.3 is 10.2 Å². The van der Waals surface area contributed by atoms with Crippen molar-refractivity contribution in [3.63, 3.8) is 0 Å². The van der Waals surface area contributed by atoms with Gasteiger partial charge in [0.05, 0.1) is 6.07 Å². The Morgan fingerprint density at radius 3 is 2.37 bits per heavy atom. The van der Waals surface area contributed by atoms with E-state index < -0.39 is 6.04 Å². The van der Waals surface area contributed by atoms with Crippen LogP contribution in [0.1, 0.15) is 50.5 Å². The molecule has 1 aliphatic heterocycles. The minimum Gasteiger partial charge on any atom is -0.344 e. The molecule has 0 aromatic heterocycles. The number of benzene rings is 1. The van der Waals surface area contributed by atoms with Crippen LogP contribution >= 0.6 is 0 Å². The van der Waals surface area contributed by atoms with Crippen LogP contribution in [0, 0.1) is 23.2 Å². The van der Waals surface area contributed by atoms with E-state index in [0.717, 1.165) is 57.2 Å². The maximum Gasteiger partial charge on any atom is 0.245 e. The number of carbonyl (C=O) groups excluding carboxylic acids is 2. The number of rotatable bonds is 5. The van der Waals surface area contributed by atoms with Crippen molar-refractivity contribution in [1.82, 2.24) is 10.2 Å². The van der Waals surface area contributed by atoms with Crippen molar-refractivity contribution in [2.45, 2.75) is 57.4 Å². The Balaban J connectivity index is 1.66. The van der Waals surface area contributed by atoms with Gasteiger partial charge in [0, 0.05) is 31.3 Å². The minimum atomic E-state index is -0.508. The lowest BCUT2D eigenvalue weighted by molar-refractivity contribution is -0.138. The molecule has 2 aliphatic rings. The summed E-state index contributed by atoms with van der Waals surface area (Å²) in [5.74, 6) is 0.00136. The molecule has 1 heterocycles. The average Bonchev–Trinajstić information content (AvgIpc) is 2.74. The van der Waals surface area contributed by atoms with E-state index in [0.29, 0.717) is 6.42 Å². The first-order valence-electron chi connectivity index (χ1n) is 10.2. The number of nitriles is 1. The Hall–Kier alpha value is -2.35. The number of likely N-dealkylation sites (tertiary alicyclic amines) is 1. The number of nitrogens with one attached hydrogen (secondary N) is 1. The molecule has 1 unspecified atom stereocenters. The highest BCUT2D eigenvalue weighted by Gasteiger charge is 2.31. The zero-order valence-electron chi connectivity index (χ0n) is 15.9. The lowest BCUT2D eigenvalue weighted by atomic mass is 9.82. The molecule has 0 radical (unpaired) electrons. The average molecular weight is 367 g/mol. The van der Waals surface area contributed by atoms with Crippen molar-refractivity contribution in [2.75, 3.05) is 13.1 Å². The molecule has 1 atom stereocenters. The predicted molar refractivity (Wildman–Crippen MR) is 104 cm³/mol. The summed E-state index contributed by atoms with van der Waals surface area (Å²) in [6.45, 7) is 1.57. The topological polar surface area (TPSA) is 73.2 Å². The van der Waals surface area contributed by atoms with Crippen LogP contribution in [0.25, 0.3) is 0 Å². The summed E-state index contributed by atoms with van der Waals surface area (Å²) < 4.78 is 0. The minimum absolute atomic E-state index is 0.0299. The number of piperidine rings is 1. The van der Waals surface area contributed by atoms with Crippen molar-refractivity contribution < 1.29 is 9.59 Å². The van der Waals surface area contributed by atoms with E-state index in [2.05, 4.69) is 11.4 Å². The van der Waals surface area contributed by atoms with E-state index in [9.17, 15) is 9.59 Å². The van der Waals surface area contributed by atoms with Gasteiger partial charge in [-0.15, -0.1) is 0 Å². The molecule has 0 bridgehead atoms. The van der Waals surface area contributed by atoms with Crippen LogP contribution in [0.5, 0.6) is 0 Å². The van der Waals surface area contributed by atoms with E-state index in [-0.39, 0.29) is 23.7 Å². The number of amides is 2. The van der Waals surface area contributed by atoms with E-state index in [1.165, 1.54) is 6.42 Å². The van der Waals surface area contributed by atoms with Crippen LogP contribution in [-0.4, -0.2) is 35.8 Å². The van der Waals surface area contributed by atoms with Gasteiger partial charge in [0.2, 0.25) is 11.8 Å². The molecular formula is C22H29N3O2. The summed E-state index contributed by atoms with van der Waals surface area (Å²) in [5, 5.41) is 12.1. The van der Waals surface area contributed by atoms with Gasteiger partial charge in [0.25, 0.3) is 0 Å². The van der Waals surface area contributed by atoms with Crippen molar-refractivity contribution in [3.8, 4) is 6.07 Å². The molecule has 1 aromatic carbocycles. The maximum atomic E-state index is 13.1. The van der Waals surface area contributed by atoms with E-state index >= 15 is 0 Å². The lowest BCUT2D eigenvalue weighted by Gasteiger charge is -2.32. The highest BCUT2D eigenvalue weighted by molar-refractivity contribution is 5.88. The smallest absolute Gasteiger partial charge is 0.245 e. The molecule has 5 nitrogen and oxygen atoms in total. The molecule has 1 saturated carbocycles. The van der Waals surface area contributed by atoms with Crippen LogP contribution in [0.4, 0.5) is 0 Å². The summed E-state index contributed by atoms with van der Waals surface area (Å²) in [7, 11) is 0. The first kappa shape index (κ1) is 19.4. The van der Waals surface area contributed by atoms with Crippen molar-refractivity contribution >= 4 is 11.8 Å². The summed E-state index contributed by atoms with van der Waals surface area (Å²) >= 11 is 0. The second kappa shape index (κ2) is 9.55. The highest BCUT2D eigenvalue weighted by atomic mass is 16.2. The predicted octanol–water partition coefficient (Wildman–Crippen LogP) is 3.06. The lowest BCUT2D eigenvalue weighted by Crippen LogP contribution is -2.52. The number of hydrogen-bond donors (Lipinski definition) is 1. The van der Waals surface area contributed by atoms with Crippen molar-refractivity contribution in [2.24, 2.45) is 11.8 Å². The monoisotopic (exact) mass is 367 g/mol. The zero-order valence-corrected chi connectivity index (χ0v) is 15.9. The second-order valence-corrected chi connectivity index (χ2v) is 7.81. The molecule has 1 aliphatic carbocycles. The number of nitrogens with zero attached hydrogens (tertiary/aromatic N) is 2. The molecule has 1 saturated heterocycles. The fourth-order valence-electron chi connectivity index (χ4n) is 4.16. The summed E-state index contributed by atoms with van der Waals surface area (Å²) in [5.41, 5.74) is 1.06. The molecule has 144 valence electrons. The van der Waals surface area contributed by atoms with Gasteiger partial charge in [-0.1, -0.05) is 30.3 Å². The third-order valence-corrected chi connectivity index (χ3v) is 5.85. The quantitative estimate of drug-likeness (QED) is 0.869. The van der Waals surface area contributed by atoms with Crippen LogP contribution in [0.2, 0.25) is 0 Å². The molecule has 27 heavy (non-hydrogen) atoms. The number of carbonyl (C=O) groups is 2. The van der Waals surface area contributed by atoms with Crippen LogP contribution in [0.15, 0.2) is 30.3 Å². The van der Waals surface area contributed by atoms with Crippen molar-refractivity contribution in [3.05, 3.63) is 35.9 Å². The summed E-state index contributed by atoms with van der Waals surface area (Å²) in [6.07, 6.45) is 6.79. The Labute approximate surface area is 161 Å². The van der Waals surface area contributed by atoms with E-state index in [1.54, 1.807) is 0 Å². The Kier molecular flexibility index (Phi) is 6.86. The Morgan fingerprint density at radius 1 is 1.07 bits per heavy atom. The molecule has 1 N–H and O–H groups in total. The van der Waals surface area contributed by atoms with Gasteiger partial charge in [0.1, 0.15) is 6.04 Å². The largest absolute Gasteiger partial charge is 0.344 e. The third-order valence-electron chi connectivity index (χ3n) is 5.85. The molecule has 3 rings (SSSR count). The Morgan fingerprint density at radius 2 is 1.74 bits per heavy atom. The van der Waals surface area contributed by atoms with Gasteiger partial charge in [-0.3, -0.25) is 9.59 Å². The zero-order chi connectivity index (χ0) is 19.1. The van der Waals surface area contributed by atoms with Crippen LogP contribution in [-0.2, 0) is 16.0 Å². The molecular weight excluding hydrogens is 338 g/mol. The van der Waals surface area contributed by atoms with E-state index in [1.807, 2.05) is 35.2 Å². The fraction of sp³-hybridized carbons (Fsp3) is 0.591. The van der Waals surface area contributed by atoms with Gasteiger partial charge in [-0.2, -0.15) is 5.26 Å². The molecule has 5 heteroatoms. The number of hydrogen-bond acceptors (Lipinski definition) is 3. The van der Waals surface area contributed by atoms with Crippen LogP contribution in [0.3, 0.4) is 0 Å². The highest BCUT2D eigenvalue weighted by Crippen LogP contribution is 2.28. The summed E-state index contributed by atoms with van der Waals surface area (Å²) in [4.78, 5) is 27.8. The maximum absolute atomic E-state index is 13.1. The van der Waals surface area contributed by atoms with Gasteiger partial charge in [-0.05, 0) is 50.5 Å². The second-order valence-electron chi connectivity index (χ2n) is 7.81. The normalized spacial score (nSPS) is 23.9. The van der Waals surface area contributed by atoms with E-state index in [4.69, 9.17) is 5.26 Å². The van der Waals surface area contributed by atoms with Crippen molar-refractivity contribution in [1.29, 1.82) is 5.26 Å². The fourth-order valence-corrected chi connectivity index (χ4v) is 4.16. The molecule has 1 aromatic rings. The standard InChI is InChI=1S/C22H29N3O2/c23-16-18-9-11-19(12-10-18)21(26)24-20(15-17-7-3-1-4-8-17)22(27)25-13-5-2-6-14-25/h1,3-4,7-8,18-20H,2,5-6,9-15H2,(H,24,26). The first-order chi connectivity index (χ1) is 13.2. The Bertz CT molecular complexity index is 669. The molecule has 0 spiro atoms. The summed E-state index contributed by atoms with van der Waals surface area (Å²) in [6, 6.07) is 11.7. The van der Waals surface area contributed by atoms with Gasteiger partial charge >= 0.3 is 0 Å². The SMILES string of the molecule is N#CC1CCC(C(=O)NC(Cc2ccccc2)C(=O)N2CCCCC2)CC1. The van der Waals surface area contributed by atoms with Gasteiger partial charge in [-0.25, -0.2) is 0 Å². The van der Waals surface area contributed by atoms with Gasteiger partial charge in [0.15, 0.2) is 0 Å². The third kappa shape index (κ3) is 5.32. The molecule has 2 fully saturated rings. The molecule has 2 amide bonds. The van der Waals surface area contributed by atoms with Crippen LogP contribution < -0.4 is 5.32 Å². The first-order valence-corrected chi connectivity index (χ1v) is 10.2.